The van der Waals surface area contributed by atoms with E-state index in [1.165, 1.54) is 5.75 Å². The van der Waals surface area contributed by atoms with Crippen LogP contribution in [0.2, 0.25) is 0 Å². The second-order valence-electron chi connectivity index (χ2n) is 4.69. The molecule has 5 heteroatoms. The van der Waals surface area contributed by atoms with Gasteiger partial charge in [-0.25, -0.2) is 0 Å². The topological polar surface area (TPSA) is 38.5 Å². The lowest BCUT2D eigenvalue weighted by Gasteiger charge is -2.30. The molecule has 1 heterocycles. The first kappa shape index (κ1) is 14.6. The van der Waals surface area contributed by atoms with Crippen LogP contribution in [-0.4, -0.2) is 47.1 Å². The summed E-state index contributed by atoms with van der Waals surface area (Å²) in [6, 6.07) is 7.68. The summed E-state index contributed by atoms with van der Waals surface area (Å²) in [5.41, 5.74) is 6.51. The van der Waals surface area contributed by atoms with Gasteiger partial charge < -0.3 is 10.5 Å². The number of hydrogen-bond donors (Lipinski definition) is 1. The normalized spacial score (nSPS) is 20.2. The minimum atomic E-state index is 0.388. The van der Waals surface area contributed by atoms with E-state index in [1.54, 1.807) is 0 Å². The largest absolute Gasteiger partial charge is 0.492 e. The van der Waals surface area contributed by atoms with Gasteiger partial charge in [-0.2, -0.15) is 11.8 Å². The van der Waals surface area contributed by atoms with Crippen molar-refractivity contribution in [3.05, 3.63) is 29.8 Å². The third kappa shape index (κ3) is 4.37. The van der Waals surface area contributed by atoms with Crippen molar-refractivity contribution in [1.82, 2.24) is 4.90 Å². The van der Waals surface area contributed by atoms with E-state index in [-0.39, 0.29) is 0 Å². The fourth-order valence-electron chi connectivity index (χ4n) is 2.17. The Labute approximate surface area is 124 Å². The molecule has 1 atom stereocenters. The summed E-state index contributed by atoms with van der Waals surface area (Å²) in [6.45, 7) is 6.20. The summed E-state index contributed by atoms with van der Waals surface area (Å²) in [5, 5.41) is 0.720. The van der Waals surface area contributed by atoms with Crippen molar-refractivity contribution < 1.29 is 4.74 Å². The number of nitrogens with zero attached hydrogens (tertiary/aromatic N) is 1. The number of thioether (sulfide) groups is 1. The number of rotatable bonds is 5. The van der Waals surface area contributed by atoms with Gasteiger partial charge in [-0.05, 0) is 12.1 Å². The van der Waals surface area contributed by atoms with Crippen LogP contribution in [0.3, 0.4) is 0 Å². The van der Waals surface area contributed by atoms with E-state index in [0.717, 1.165) is 36.2 Å². The van der Waals surface area contributed by atoms with E-state index >= 15 is 0 Å². The number of thiocarbonyl (C=S) groups is 1. The third-order valence-corrected chi connectivity index (χ3v) is 4.50. The third-order valence-electron chi connectivity index (χ3n) is 3.14. The van der Waals surface area contributed by atoms with Crippen LogP contribution >= 0.6 is 24.0 Å². The first-order valence-electron chi connectivity index (χ1n) is 6.52. The van der Waals surface area contributed by atoms with Crippen LogP contribution in [0.15, 0.2) is 24.3 Å². The molecule has 0 aliphatic carbocycles. The quantitative estimate of drug-likeness (QED) is 0.843. The molecule has 0 aromatic heterocycles. The van der Waals surface area contributed by atoms with Crippen molar-refractivity contribution in [2.45, 2.75) is 12.2 Å². The van der Waals surface area contributed by atoms with E-state index in [9.17, 15) is 0 Å². The average molecular weight is 296 g/mol. The molecule has 2 N–H and O–H groups in total. The Morgan fingerprint density at radius 3 is 3.05 bits per heavy atom. The van der Waals surface area contributed by atoms with E-state index in [4.69, 9.17) is 22.7 Å². The highest BCUT2D eigenvalue weighted by Gasteiger charge is 2.16. The summed E-state index contributed by atoms with van der Waals surface area (Å²) in [6.07, 6.45) is 0. The highest BCUT2D eigenvalue weighted by molar-refractivity contribution is 7.99. The summed E-state index contributed by atoms with van der Waals surface area (Å²) in [5.74, 6) is 2.00. The Morgan fingerprint density at radius 1 is 1.53 bits per heavy atom. The molecular formula is C14H20N2OS2. The minimum absolute atomic E-state index is 0.388. The average Bonchev–Trinajstić information content (AvgIpc) is 2.39. The minimum Gasteiger partial charge on any atom is -0.492 e. The Balaban J connectivity index is 1.84. The molecular weight excluding hydrogens is 276 g/mol. The zero-order chi connectivity index (χ0) is 13.7. The van der Waals surface area contributed by atoms with Crippen molar-refractivity contribution in [2.24, 2.45) is 5.73 Å². The molecule has 1 aromatic carbocycles. The predicted octanol–water partition coefficient (Wildman–Crippen LogP) is 2.14. The van der Waals surface area contributed by atoms with E-state index in [0.29, 0.717) is 11.6 Å². The van der Waals surface area contributed by atoms with Gasteiger partial charge in [0.05, 0.1) is 5.56 Å². The molecule has 0 bridgehead atoms. The standard InChI is InChI=1S/C14H20N2OS2/c1-11-10-16(7-9-19-11)6-8-17-13-5-3-2-4-12(13)14(15)18/h2-5,11H,6-10H2,1H3,(H2,15,18). The molecule has 0 spiro atoms. The second-order valence-corrected chi connectivity index (χ2v) is 6.68. The van der Waals surface area contributed by atoms with Crippen LogP contribution in [0, 0.1) is 0 Å². The lowest BCUT2D eigenvalue weighted by atomic mass is 10.2. The number of ether oxygens (including phenoxy) is 1. The van der Waals surface area contributed by atoms with Crippen molar-refractivity contribution in [2.75, 3.05) is 32.0 Å². The fourth-order valence-corrected chi connectivity index (χ4v) is 3.43. The maximum absolute atomic E-state index is 5.82. The van der Waals surface area contributed by atoms with Gasteiger partial charge in [0.2, 0.25) is 0 Å². The highest BCUT2D eigenvalue weighted by Crippen LogP contribution is 2.19. The Hall–Kier alpha value is -0.780. The molecule has 19 heavy (non-hydrogen) atoms. The van der Waals surface area contributed by atoms with Crippen LogP contribution < -0.4 is 10.5 Å². The predicted molar refractivity (Wildman–Crippen MR) is 86.2 cm³/mol. The Morgan fingerprint density at radius 2 is 2.32 bits per heavy atom. The number of hydrogen-bond acceptors (Lipinski definition) is 4. The lowest BCUT2D eigenvalue weighted by Crippen LogP contribution is -2.39. The maximum atomic E-state index is 5.82. The van der Waals surface area contributed by atoms with Crippen LogP contribution in [0.25, 0.3) is 0 Å². The highest BCUT2D eigenvalue weighted by atomic mass is 32.2. The second kappa shape index (κ2) is 7.12. The molecule has 1 saturated heterocycles. The molecule has 2 rings (SSSR count). The van der Waals surface area contributed by atoms with E-state index in [1.807, 2.05) is 36.0 Å². The molecule has 0 saturated carbocycles. The monoisotopic (exact) mass is 296 g/mol. The summed E-state index contributed by atoms with van der Waals surface area (Å²) in [7, 11) is 0. The molecule has 0 radical (unpaired) electrons. The van der Waals surface area contributed by atoms with Crippen LogP contribution in [-0.2, 0) is 0 Å². The van der Waals surface area contributed by atoms with Gasteiger partial charge in [0.15, 0.2) is 0 Å². The first-order valence-corrected chi connectivity index (χ1v) is 7.98. The van der Waals surface area contributed by atoms with Gasteiger partial charge in [-0.3, -0.25) is 4.90 Å². The van der Waals surface area contributed by atoms with E-state index in [2.05, 4.69) is 11.8 Å². The van der Waals surface area contributed by atoms with Gasteiger partial charge in [-0.15, -0.1) is 0 Å². The zero-order valence-corrected chi connectivity index (χ0v) is 12.8. The molecule has 1 aromatic rings. The smallest absolute Gasteiger partial charge is 0.129 e. The fraction of sp³-hybridized carbons (Fsp3) is 0.500. The van der Waals surface area contributed by atoms with Crippen molar-refractivity contribution >= 4 is 29.0 Å². The molecule has 3 nitrogen and oxygen atoms in total. The van der Waals surface area contributed by atoms with Gasteiger partial charge in [0, 0.05) is 30.6 Å². The van der Waals surface area contributed by atoms with Crippen LogP contribution in [0.5, 0.6) is 5.75 Å². The van der Waals surface area contributed by atoms with Gasteiger partial charge in [0.25, 0.3) is 0 Å². The van der Waals surface area contributed by atoms with Crippen LogP contribution in [0.1, 0.15) is 12.5 Å². The summed E-state index contributed by atoms with van der Waals surface area (Å²) >= 11 is 7.07. The van der Waals surface area contributed by atoms with Crippen LogP contribution in [0.4, 0.5) is 0 Å². The maximum Gasteiger partial charge on any atom is 0.129 e. The van der Waals surface area contributed by atoms with E-state index < -0.39 is 0 Å². The molecule has 104 valence electrons. The first-order chi connectivity index (χ1) is 9.16. The van der Waals surface area contributed by atoms with Gasteiger partial charge >= 0.3 is 0 Å². The number of nitrogens with two attached hydrogens (primary N) is 1. The SMILES string of the molecule is CC1CN(CCOc2ccccc2C(N)=S)CCS1. The lowest BCUT2D eigenvalue weighted by molar-refractivity contribution is 0.215. The Kier molecular flexibility index (Phi) is 5.48. The van der Waals surface area contributed by atoms with Crippen molar-refractivity contribution in [3.8, 4) is 5.75 Å². The molecule has 1 aliphatic heterocycles. The Bertz CT molecular complexity index is 439. The zero-order valence-electron chi connectivity index (χ0n) is 11.2. The summed E-state index contributed by atoms with van der Waals surface area (Å²) < 4.78 is 5.82. The summed E-state index contributed by atoms with van der Waals surface area (Å²) in [4.78, 5) is 2.84. The molecule has 1 unspecified atom stereocenters. The van der Waals surface area contributed by atoms with Crippen molar-refractivity contribution in [3.63, 3.8) is 0 Å². The molecule has 1 aliphatic rings. The number of para-hydroxylation sites is 1. The molecule has 0 amide bonds. The number of benzene rings is 1. The molecule has 1 fully saturated rings. The van der Waals surface area contributed by atoms with Crippen molar-refractivity contribution in [1.29, 1.82) is 0 Å². The van der Waals surface area contributed by atoms with Gasteiger partial charge in [0.1, 0.15) is 17.3 Å². The van der Waals surface area contributed by atoms with Gasteiger partial charge in [-0.1, -0.05) is 31.3 Å².